The van der Waals surface area contributed by atoms with Crippen molar-refractivity contribution < 1.29 is 4.79 Å². The SMILES string of the molecule is C=CCNC(=O)c1cc2c(=O)n3ccccc3nc2n(Cc2ccncc2)c1=N. The normalized spacial score (nSPS) is 10.9. The second-order valence-corrected chi connectivity index (χ2v) is 6.43. The van der Waals surface area contributed by atoms with Gasteiger partial charge >= 0.3 is 0 Å². The molecule has 4 aromatic rings. The number of rotatable bonds is 5. The standard InChI is InChI=1S/C21H18N6O2/c1-2-8-24-20(28)15-12-16-19(25-17-5-3-4-11-26(17)21(16)29)27(18(15)22)13-14-6-9-23-10-7-14/h2-7,9-12,22H,1,8,13H2,(H,24,28). The quantitative estimate of drug-likeness (QED) is 0.400. The van der Waals surface area contributed by atoms with Crippen molar-refractivity contribution in [3.05, 3.63) is 94.6 Å². The summed E-state index contributed by atoms with van der Waals surface area (Å²) in [5.74, 6) is -0.446. The number of hydrogen-bond acceptors (Lipinski definition) is 5. The highest BCUT2D eigenvalue weighted by molar-refractivity contribution is 5.96. The van der Waals surface area contributed by atoms with Gasteiger partial charge in [0.25, 0.3) is 11.5 Å². The van der Waals surface area contributed by atoms with Crippen molar-refractivity contribution in [2.75, 3.05) is 6.54 Å². The number of nitrogens with one attached hydrogen (secondary N) is 2. The van der Waals surface area contributed by atoms with E-state index in [9.17, 15) is 9.59 Å². The topological polar surface area (TPSA) is 105 Å². The van der Waals surface area contributed by atoms with Gasteiger partial charge in [-0.2, -0.15) is 0 Å². The van der Waals surface area contributed by atoms with Crippen molar-refractivity contribution in [1.29, 1.82) is 5.41 Å². The van der Waals surface area contributed by atoms with Crippen LogP contribution in [0.5, 0.6) is 0 Å². The molecule has 0 saturated carbocycles. The predicted octanol–water partition coefficient (Wildman–Crippen LogP) is 1.49. The Morgan fingerprint density at radius 2 is 2.03 bits per heavy atom. The van der Waals surface area contributed by atoms with Crippen LogP contribution in [-0.4, -0.2) is 31.4 Å². The summed E-state index contributed by atoms with van der Waals surface area (Å²) in [6.45, 7) is 4.12. The summed E-state index contributed by atoms with van der Waals surface area (Å²) in [5.41, 5.74) is 1.47. The Bertz CT molecular complexity index is 1350. The van der Waals surface area contributed by atoms with Gasteiger partial charge in [-0.25, -0.2) is 4.98 Å². The van der Waals surface area contributed by atoms with Crippen LogP contribution in [0.25, 0.3) is 16.7 Å². The molecule has 0 fully saturated rings. The fraction of sp³-hybridized carbons (Fsp3) is 0.0952. The van der Waals surface area contributed by atoms with E-state index in [1.165, 1.54) is 10.5 Å². The molecule has 0 radical (unpaired) electrons. The second kappa shape index (κ2) is 7.51. The molecular weight excluding hydrogens is 368 g/mol. The van der Waals surface area contributed by atoms with Crippen molar-refractivity contribution in [3.8, 4) is 0 Å². The molecule has 0 saturated heterocycles. The highest BCUT2D eigenvalue weighted by Gasteiger charge is 2.17. The minimum Gasteiger partial charge on any atom is -0.348 e. The lowest BCUT2D eigenvalue weighted by Gasteiger charge is -2.14. The fourth-order valence-electron chi connectivity index (χ4n) is 3.14. The third-order valence-corrected chi connectivity index (χ3v) is 4.56. The van der Waals surface area contributed by atoms with Crippen LogP contribution in [-0.2, 0) is 6.54 Å². The lowest BCUT2D eigenvalue weighted by atomic mass is 10.1. The average molecular weight is 386 g/mol. The lowest BCUT2D eigenvalue weighted by Crippen LogP contribution is -2.35. The van der Waals surface area contributed by atoms with Crippen LogP contribution in [0.3, 0.4) is 0 Å². The van der Waals surface area contributed by atoms with Crippen LogP contribution in [0, 0.1) is 5.41 Å². The van der Waals surface area contributed by atoms with Gasteiger partial charge in [0.1, 0.15) is 16.8 Å². The number of carbonyl (C=O) groups is 1. The van der Waals surface area contributed by atoms with Gasteiger partial charge in [-0.05, 0) is 35.9 Å². The molecule has 0 aliphatic carbocycles. The van der Waals surface area contributed by atoms with Crippen molar-refractivity contribution in [2.45, 2.75) is 6.54 Å². The van der Waals surface area contributed by atoms with Gasteiger partial charge in [-0.15, -0.1) is 6.58 Å². The van der Waals surface area contributed by atoms with E-state index in [0.29, 0.717) is 11.3 Å². The zero-order valence-electron chi connectivity index (χ0n) is 15.5. The molecule has 4 rings (SSSR count). The van der Waals surface area contributed by atoms with Crippen molar-refractivity contribution in [3.63, 3.8) is 0 Å². The van der Waals surface area contributed by atoms with E-state index >= 15 is 0 Å². The molecule has 0 aliphatic rings. The summed E-state index contributed by atoms with van der Waals surface area (Å²) in [7, 11) is 0. The van der Waals surface area contributed by atoms with Gasteiger partial charge in [-0.1, -0.05) is 12.1 Å². The van der Waals surface area contributed by atoms with Crippen molar-refractivity contribution in [2.24, 2.45) is 0 Å². The molecule has 0 spiro atoms. The monoisotopic (exact) mass is 386 g/mol. The van der Waals surface area contributed by atoms with Gasteiger partial charge in [-0.3, -0.25) is 24.4 Å². The molecule has 4 heterocycles. The number of fused-ring (bicyclic) bond motifs is 2. The maximum absolute atomic E-state index is 13.1. The molecule has 29 heavy (non-hydrogen) atoms. The minimum absolute atomic E-state index is 0.0249. The predicted molar refractivity (Wildman–Crippen MR) is 109 cm³/mol. The molecule has 8 heteroatoms. The van der Waals surface area contributed by atoms with E-state index in [1.807, 2.05) is 12.1 Å². The maximum Gasteiger partial charge on any atom is 0.267 e. The Balaban J connectivity index is 2.04. The van der Waals surface area contributed by atoms with E-state index in [4.69, 9.17) is 5.41 Å². The van der Waals surface area contributed by atoms with Gasteiger partial charge in [0.2, 0.25) is 0 Å². The molecule has 144 valence electrons. The molecule has 0 aromatic carbocycles. The number of hydrogen-bond donors (Lipinski definition) is 2. The third-order valence-electron chi connectivity index (χ3n) is 4.56. The first-order chi connectivity index (χ1) is 14.1. The van der Waals surface area contributed by atoms with Crippen LogP contribution in [0.2, 0.25) is 0 Å². The largest absolute Gasteiger partial charge is 0.348 e. The third kappa shape index (κ3) is 3.31. The summed E-state index contributed by atoms with van der Waals surface area (Å²) < 4.78 is 3.00. The first kappa shape index (κ1) is 18.3. The second-order valence-electron chi connectivity index (χ2n) is 6.43. The van der Waals surface area contributed by atoms with E-state index in [-0.39, 0.29) is 35.1 Å². The van der Waals surface area contributed by atoms with Crippen LogP contribution >= 0.6 is 0 Å². The van der Waals surface area contributed by atoms with Crippen LogP contribution in [0.1, 0.15) is 15.9 Å². The Morgan fingerprint density at radius 1 is 1.24 bits per heavy atom. The van der Waals surface area contributed by atoms with Crippen LogP contribution < -0.4 is 16.4 Å². The van der Waals surface area contributed by atoms with E-state index in [0.717, 1.165) is 5.56 Å². The molecule has 0 bridgehead atoms. The van der Waals surface area contributed by atoms with Crippen molar-refractivity contribution in [1.82, 2.24) is 24.3 Å². The molecule has 1 amide bonds. The van der Waals surface area contributed by atoms with Gasteiger partial charge < -0.3 is 9.88 Å². The highest BCUT2D eigenvalue weighted by atomic mass is 16.1. The Morgan fingerprint density at radius 3 is 2.79 bits per heavy atom. The maximum atomic E-state index is 13.1. The van der Waals surface area contributed by atoms with Gasteiger partial charge in [0.05, 0.1) is 17.5 Å². The Kier molecular flexibility index (Phi) is 4.74. The Labute approximate surface area is 165 Å². The van der Waals surface area contributed by atoms with E-state index < -0.39 is 5.91 Å². The Hall–Kier alpha value is -4.07. The minimum atomic E-state index is -0.446. The zero-order chi connectivity index (χ0) is 20.4. The summed E-state index contributed by atoms with van der Waals surface area (Å²) in [5, 5.41) is 11.6. The molecule has 4 aromatic heterocycles. The van der Waals surface area contributed by atoms with Crippen LogP contribution in [0.15, 0.2) is 72.4 Å². The number of nitrogens with zero attached hydrogens (tertiary/aromatic N) is 4. The zero-order valence-corrected chi connectivity index (χ0v) is 15.5. The molecular formula is C21H18N6O2. The van der Waals surface area contributed by atoms with E-state index in [2.05, 4.69) is 21.9 Å². The van der Waals surface area contributed by atoms with Crippen LogP contribution in [0.4, 0.5) is 0 Å². The van der Waals surface area contributed by atoms with Gasteiger partial charge in [0, 0.05) is 25.1 Å². The summed E-state index contributed by atoms with van der Waals surface area (Å²) in [6, 6.07) is 10.3. The first-order valence-corrected chi connectivity index (χ1v) is 8.97. The summed E-state index contributed by atoms with van der Waals surface area (Å²) in [4.78, 5) is 34.3. The number of amides is 1. The molecule has 0 atom stereocenters. The number of carbonyl (C=O) groups excluding carboxylic acids is 1. The average Bonchev–Trinajstić information content (AvgIpc) is 2.75. The first-order valence-electron chi connectivity index (χ1n) is 8.97. The highest BCUT2D eigenvalue weighted by Crippen LogP contribution is 2.12. The van der Waals surface area contributed by atoms with Gasteiger partial charge in [0.15, 0.2) is 0 Å². The smallest absolute Gasteiger partial charge is 0.267 e. The lowest BCUT2D eigenvalue weighted by molar-refractivity contribution is 0.0955. The number of aromatic nitrogens is 4. The van der Waals surface area contributed by atoms with E-state index in [1.54, 1.807) is 47.4 Å². The molecule has 8 nitrogen and oxygen atoms in total. The van der Waals surface area contributed by atoms with Crippen molar-refractivity contribution >= 4 is 22.6 Å². The molecule has 2 N–H and O–H groups in total. The number of pyridine rings is 3. The summed E-state index contributed by atoms with van der Waals surface area (Å²) in [6.07, 6.45) is 6.49. The molecule has 0 aliphatic heterocycles. The fourth-order valence-corrected chi connectivity index (χ4v) is 3.14. The summed E-state index contributed by atoms with van der Waals surface area (Å²) >= 11 is 0. The molecule has 0 unspecified atom stereocenters.